The second kappa shape index (κ2) is 21.7. The van der Waals surface area contributed by atoms with Crippen LogP contribution in [0.15, 0.2) is 11.1 Å². The van der Waals surface area contributed by atoms with Gasteiger partial charge in [-0.05, 0) is 31.6 Å². The minimum Gasteiger partial charge on any atom is -0.814 e. The molecular formula is C17H33N3Rh-4. The van der Waals surface area contributed by atoms with E-state index < -0.39 is 0 Å². The fourth-order valence-corrected chi connectivity index (χ4v) is 1.94. The molecule has 2 unspecified atom stereocenters. The summed E-state index contributed by atoms with van der Waals surface area (Å²) in [5, 5.41) is 22.3. The van der Waals surface area contributed by atoms with E-state index >= 15 is 0 Å². The fraction of sp³-hybridized carbons (Fsp3) is 0.647. The average Bonchev–Trinajstić information content (AvgIpc) is 2.51. The molecule has 0 aromatic carbocycles. The molecule has 0 heterocycles. The summed E-state index contributed by atoms with van der Waals surface area (Å²) < 4.78 is 0. The van der Waals surface area contributed by atoms with Gasteiger partial charge in [0, 0.05) is 19.5 Å². The first-order valence-corrected chi connectivity index (χ1v) is 6.73. The van der Waals surface area contributed by atoms with E-state index in [9.17, 15) is 0 Å². The molecule has 0 aromatic heterocycles. The van der Waals surface area contributed by atoms with Crippen LogP contribution in [0.4, 0.5) is 0 Å². The number of hydrogen-bond acceptors (Lipinski definition) is 0. The maximum Gasteiger partial charge on any atom is 0 e. The molecule has 0 amide bonds. The minimum atomic E-state index is 0. The predicted molar refractivity (Wildman–Crippen MR) is 97.6 cm³/mol. The zero-order chi connectivity index (χ0) is 16.0. The third kappa shape index (κ3) is 15.6. The Morgan fingerprint density at radius 2 is 0.857 bits per heavy atom. The zero-order valence-corrected chi connectivity index (χ0v) is 16.8. The number of allylic oxidation sites excluding steroid dienone is 2. The number of rotatable bonds is 0. The summed E-state index contributed by atoms with van der Waals surface area (Å²) >= 11 is 0. The third-order valence-corrected chi connectivity index (χ3v) is 3.57. The van der Waals surface area contributed by atoms with Crippen molar-refractivity contribution in [3.8, 4) is 0 Å². The molecule has 1 rings (SSSR count). The molecule has 1 radical (unpaired) electrons. The Morgan fingerprint density at radius 3 is 0.905 bits per heavy atom. The molecule has 0 saturated carbocycles. The van der Waals surface area contributed by atoms with Crippen LogP contribution >= 0.6 is 0 Å². The molecule has 0 saturated heterocycles. The standard InChI is InChI=1S/C10H18.3C2H4N.CH3.Rh/c1-6-7(2)9(4)10(5)8(6)3;3*1-2-3;;/h6-8H,1-5H3;3*2H,1H3;1H3;/q;4*-1;. The summed E-state index contributed by atoms with van der Waals surface area (Å²) in [6, 6.07) is 0. The normalized spacial score (nSPS) is 21.4. The molecule has 0 fully saturated rings. The minimum absolute atomic E-state index is 0. The molecule has 1 aliphatic rings. The largest absolute Gasteiger partial charge is 0.814 e. The van der Waals surface area contributed by atoms with Gasteiger partial charge >= 0.3 is 0 Å². The molecule has 129 valence electrons. The van der Waals surface area contributed by atoms with Crippen molar-refractivity contribution < 1.29 is 19.5 Å². The van der Waals surface area contributed by atoms with Crippen LogP contribution in [0.2, 0.25) is 0 Å². The molecule has 4 heteroatoms. The van der Waals surface area contributed by atoms with Crippen LogP contribution in [-0.4, -0.2) is 18.6 Å². The van der Waals surface area contributed by atoms with Crippen molar-refractivity contribution in [1.29, 1.82) is 0 Å². The van der Waals surface area contributed by atoms with Gasteiger partial charge in [-0.2, -0.15) is 0 Å². The van der Waals surface area contributed by atoms with Crippen molar-refractivity contribution in [3.05, 3.63) is 34.8 Å². The Labute approximate surface area is 146 Å². The van der Waals surface area contributed by atoms with Crippen molar-refractivity contribution in [3.63, 3.8) is 0 Å². The Hall–Kier alpha value is -0.627. The topological polar surface area (TPSA) is 66.9 Å². The Morgan fingerprint density at radius 1 is 0.714 bits per heavy atom. The SMILES string of the molecule is CC1=C(C)C(C)C(C)C1C.CC=[N-].CC=[N-].CC=[N-].[CH3-].[Rh]. The Bertz CT molecular complexity index is 253. The number of nitrogens with zero attached hydrogens (tertiary/aromatic N) is 3. The van der Waals surface area contributed by atoms with E-state index in [0.29, 0.717) is 0 Å². The van der Waals surface area contributed by atoms with E-state index in [-0.39, 0.29) is 26.9 Å². The first-order valence-electron chi connectivity index (χ1n) is 6.73. The van der Waals surface area contributed by atoms with E-state index in [0.717, 1.165) is 36.4 Å². The second-order valence-corrected chi connectivity index (χ2v) is 4.58. The van der Waals surface area contributed by atoms with Gasteiger partial charge in [-0.3, -0.25) is 0 Å². The van der Waals surface area contributed by atoms with E-state index in [4.69, 9.17) is 16.2 Å². The maximum atomic E-state index is 7.44. The molecule has 3 nitrogen and oxygen atoms in total. The first kappa shape index (κ1) is 32.4. The van der Waals surface area contributed by atoms with Crippen molar-refractivity contribution in [1.82, 2.24) is 0 Å². The summed E-state index contributed by atoms with van der Waals surface area (Å²) in [6.07, 6.45) is 3.00. The Balaban J connectivity index is -0.0000000663. The zero-order valence-electron chi connectivity index (χ0n) is 15.1. The predicted octanol–water partition coefficient (Wildman–Crippen LogP) is 5.63. The van der Waals surface area contributed by atoms with Crippen LogP contribution in [0.5, 0.6) is 0 Å². The summed E-state index contributed by atoms with van der Waals surface area (Å²) in [7, 11) is 0. The van der Waals surface area contributed by atoms with E-state index in [1.807, 2.05) is 0 Å². The van der Waals surface area contributed by atoms with Gasteiger partial charge in [0.05, 0.1) is 0 Å². The summed E-state index contributed by atoms with van der Waals surface area (Å²) in [6.45, 7) is 16.3. The molecule has 0 aromatic rings. The molecule has 0 spiro atoms. The van der Waals surface area contributed by atoms with Gasteiger partial charge in [0.2, 0.25) is 0 Å². The van der Waals surface area contributed by atoms with Crippen LogP contribution in [0.1, 0.15) is 55.4 Å². The van der Waals surface area contributed by atoms with E-state index in [2.05, 4.69) is 34.6 Å². The van der Waals surface area contributed by atoms with Crippen LogP contribution < -0.4 is 0 Å². The molecular weight excluding hydrogens is 349 g/mol. The van der Waals surface area contributed by atoms with Crippen molar-refractivity contribution in [2.24, 2.45) is 17.8 Å². The monoisotopic (exact) mass is 382 g/mol. The van der Waals surface area contributed by atoms with Crippen LogP contribution in [0.25, 0.3) is 16.2 Å². The fourth-order valence-electron chi connectivity index (χ4n) is 1.94. The number of hydrogen-bond donors (Lipinski definition) is 0. The van der Waals surface area contributed by atoms with Crippen molar-refractivity contribution >= 4 is 18.6 Å². The van der Waals surface area contributed by atoms with Crippen LogP contribution in [0.3, 0.4) is 0 Å². The van der Waals surface area contributed by atoms with Crippen LogP contribution in [-0.2, 0) is 19.5 Å². The summed E-state index contributed by atoms with van der Waals surface area (Å²) in [4.78, 5) is 0. The van der Waals surface area contributed by atoms with Crippen LogP contribution in [0, 0.1) is 25.2 Å². The van der Waals surface area contributed by atoms with Crippen molar-refractivity contribution in [2.75, 3.05) is 0 Å². The van der Waals surface area contributed by atoms with Gasteiger partial charge < -0.3 is 23.7 Å². The first-order chi connectivity index (χ1) is 8.80. The Kier molecular flexibility index (Phi) is 33.4. The summed E-state index contributed by atoms with van der Waals surface area (Å²) in [5.74, 6) is 2.49. The smallest absolute Gasteiger partial charge is 0 e. The molecule has 0 aliphatic heterocycles. The molecule has 0 N–H and O–H groups in total. The summed E-state index contributed by atoms with van der Waals surface area (Å²) in [5.41, 5.74) is 3.25. The molecule has 1 aliphatic carbocycles. The van der Waals surface area contributed by atoms with Crippen molar-refractivity contribution in [2.45, 2.75) is 55.4 Å². The van der Waals surface area contributed by atoms with E-state index in [1.165, 1.54) is 0 Å². The van der Waals surface area contributed by atoms with Gasteiger partial charge in [-0.1, -0.05) is 52.7 Å². The van der Waals surface area contributed by atoms with E-state index in [1.54, 1.807) is 31.9 Å². The molecule has 21 heavy (non-hydrogen) atoms. The second-order valence-electron chi connectivity index (χ2n) is 4.58. The van der Waals surface area contributed by atoms with Gasteiger partial charge in [0.25, 0.3) is 0 Å². The maximum absolute atomic E-state index is 7.44. The van der Waals surface area contributed by atoms with Gasteiger partial charge in [-0.15, -0.1) is 0 Å². The van der Waals surface area contributed by atoms with Gasteiger partial charge in [0.1, 0.15) is 0 Å². The van der Waals surface area contributed by atoms with Gasteiger partial charge in [-0.25, -0.2) is 18.6 Å². The average molecular weight is 382 g/mol. The molecule has 2 atom stereocenters. The molecule has 0 bridgehead atoms. The van der Waals surface area contributed by atoms with Gasteiger partial charge in [0.15, 0.2) is 0 Å². The quantitative estimate of drug-likeness (QED) is 0.225. The third-order valence-electron chi connectivity index (χ3n) is 3.57.